The van der Waals surface area contributed by atoms with Gasteiger partial charge in [0.05, 0.1) is 3.23 Å². The Morgan fingerprint density at radius 2 is 1.71 bits per heavy atom. The number of hydrogen-bond acceptors (Lipinski definition) is 0. The lowest BCUT2D eigenvalue weighted by molar-refractivity contribution is 0.548. The number of rotatable bonds is 2. The molecule has 0 aliphatic heterocycles. The molecule has 0 unspecified atom stereocenters. The summed E-state index contributed by atoms with van der Waals surface area (Å²) in [5, 5.41) is 0. The molecule has 1 fully saturated rings. The third-order valence-electron chi connectivity index (χ3n) is 2.99. The van der Waals surface area contributed by atoms with Gasteiger partial charge in [0.15, 0.2) is 0 Å². The Kier molecular flexibility index (Phi) is 2.78. The monoisotopic (exact) mass is 316 g/mol. The van der Waals surface area contributed by atoms with E-state index in [4.69, 9.17) is 0 Å². The van der Waals surface area contributed by atoms with Crippen LogP contribution in [0.15, 0.2) is 30.3 Å². The molecule has 0 radical (unpaired) electrons. The molecule has 0 aromatic heterocycles. The minimum absolute atomic E-state index is 0.134. The molecular formula is C12H14Br2. The Hall–Kier alpha value is 0.180. The summed E-state index contributed by atoms with van der Waals surface area (Å²) in [7, 11) is 0. The largest absolute Gasteiger partial charge is 0.0914 e. The van der Waals surface area contributed by atoms with Crippen LogP contribution in [0.1, 0.15) is 25.3 Å². The molecule has 2 atom stereocenters. The molecule has 0 bridgehead atoms. The van der Waals surface area contributed by atoms with E-state index in [0.717, 1.165) is 0 Å². The fourth-order valence-corrected chi connectivity index (χ4v) is 4.69. The lowest BCUT2D eigenvalue weighted by atomic mass is 10.0. The maximum absolute atomic E-state index is 3.77. The maximum Gasteiger partial charge on any atom is 0.0914 e. The molecule has 0 N–H and O–H groups in total. The molecule has 2 rings (SSSR count). The van der Waals surface area contributed by atoms with Crippen molar-refractivity contribution in [2.24, 2.45) is 11.8 Å². The number of hydrogen-bond donors (Lipinski definition) is 0. The summed E-state index contributed by atoms with van der Waals surface area (Å²) in [6.45, 7) is 4.57. The van der Waals surface area contributed by atoms with Crippen molar-refractivity contribution >= 4 is 31.9 Å². The highest BCUT2D eigenvalue weighted by Gasteiger charge is 2.63. The van der Waals surface area contributed by atoms with Crippen molar-refractivity contribution in [2.75, 3.05) is 0 Å². The third-order valence-corrected chi connectivity index (χ3v) is 5.03. The Morgan fingerprint density at radius 1 is 1.14 bits per heavy atom. The van der Waals surface area contributed by atoms with Crippen molar-refractivity contribution in [2.45, 2.75) is 23.0 Å². The minimum Gasteiger partial charge on any atom is -0.0717 e. The summed E-state index contributed by atoms with van der Waals surface area (Å²) in [5.41, 5.74) is 1.43. The average Bonchev–Trinajstić information content (AvgIpc) is 2.71. The molecule has 0 spiro atoms. The van der Waals surface area contributed by atoms with Crippen molar-refractivity contribution in [1.82, 2.24) is 0 Å². The van der Waals surface area contributed by atoms with Crippen molar-refractivity contribution < 1.29 is 0 Å². The number of benzene rings is 1. The summed E-state index contributed by atoms with van der Waals surface area (Å²) < 4.78 is 0.134. The van der Waals surface area contributed by atoms with Gasteiger partial charge in [0.25, 0.3) is 0 Å². The zero-order valence-corrected chi connectivity index (χ0v) is 11.5. The Morgan fingerprint density at radius 3 is 2.14 bits per heavy atom. The molecule has 0 heterocycles. The summed E-state index contributed by atoms with van der Waals surface area (Å²) in [4.78, 5) is 0. The topological polar surface area (TPSA) is 0 Å². The lowest BCUT2D eigenvalue weighted by Crippen LogP contribution is -1.96. The van der Waals surface area contributed by atoms with Crippen LogP contribution >= 0.6 is 31.9 Å². The lowest BCUT2D eigenvalue weighted by Gasteiger charge is -2.02. The van der Waals surface area contributed by atoms with Gasteiger partial charge in [-0.1, -0.05) is 76.0 Å². The van der Waals surface area contributed by atoms with E-state index in [2.05, 4.69) is 76.0 Å². The van der Waals surface area contributed by atoms with Crippen molar-refractivity contribution in [3.8, 4) is 0 Å². The van der Waals surface area contributed by atoms with Crippen LogP contribution in [0.5, 0.6) is 0 Å². The molecule has 2 heteroatoms. The highest BCUT2D eigenvalue weighted by Crippen LogP contribution is 2.69. The van der Waals surface area contributed by atoms with Gasteiger partial charge in [-0.2, -0.15) is 0 Å². The van der Waals surface area contributed by atoms with Crippen molar-refractivity contribution in [3.63, 3.8) is 0 Å². The van der Waals surface area contributed by atoms with Crippen LogP contribution in [0.3, 0.4) is 0 Å². The van der Waals surface area contributed by atoms with Gasteiger partial charge in [0, 0.05) is 5.92 Å². The van der Waals surface area contributed by atoms with Gasteiger partial charge in [-0.15, -0.1) is 0 Å². The van der Waals surface area contributed by atoms with E-state index in [-0.39, 0.29) is 3.23 Å². The second-order valence-electron chi connectivity index (χ2n) is 4.33. The quantitative estimate of drug-likeness (QED) is 0.702. The van der Waals surface area contributed by atoms with Gasteiger partial charge in [0.1, 0.15) is 0 Å². The Labute approximate surface area is 102 Å². The van der Waals surface area contributed by atoms with E-state index in [9.17, 15) is 0 Å². The predicted octanol–water partition coefficient (Wildman–Crippen LogP) is 4.54. The first kappa shape index (κ1) is 10.7. The maximum atomic E-state index is 3.77. The van der Waals surface area contributed by atoms with E-state index in [1.807, 2.05) is 0 Å². The first-order chi connectivity index (χ1) is 6.55. The fourth-order valence-electron chi connectivity index (χ4n) is 2.27. The fraction of sp³-hybridized carbons (Fsp3) is 0.500. The summed E-state index contributed by atoms with van der Waals surface area (Å²) in [6.07, 6.45) is 0. The van der Waals surface area contributed by atoms with Crippen molar-refractivity contribution in [1.29, 1.82) is 0 Å². The molecule has 1 aliphatic rings. The molecule has 76 valence electrons. The van der Waals surface area contributed by atoms with Crippen LogP contribution < -0.4 is 0 Å². The highest BCUT2D eigenvalue weighted by atomic mass is 79.9. The van der Waals surface area contributed by atoms with Gasteiger partial charge in [0.2, 0.25) is 0 Å². The van der Waals surface area contributed by atoms with E-state index in [0.29, 0.717) is 17.8 Å². The van der Waals surface area contributed by atoms with Crippen LogP contribution in [-0.4, -0.2) is 3.23 Å². The van der Waals surface area contributed by atoms with Gasteiger partial charge < -0.3 is 0 Å². The second-order valence-corrected chi connectivity index (χ2v) is 8.02. The SMILES string of the molecule is CC(C)[C@@H]1[C@@H](c2ccccc2)C1(Br)Br. The molecule has 1 aromatic carbocycles. The zero-order valence-electron chi connectivity index (χ0n) is 8.37. The van der Waals surface area contributed by atoms with E-state index >= 15 is 0 Å². The van der Waals surface area contributed by atoms with Crippen molar-refractivity contribution in [3.05, 3.63) is 35.9 Å². The van der Waals surface area contributed by atoms with Gasteiger partial charge in [-0.05, 0) is 17.4 Å². The second kappa shape index (κ2) is 3.64. The van der Waals surface area contributed by atoms with Gasteiger partial charge >= 0.3 is 0 Å². The molecule has 1 aliphatic carbocycles. The van der Waals surface area contributed by atoms with Gasteiger partial charge in [-0.3, -0.25) is 0 Å². The summed E-state index contributed by atoms with van der Waals surface area (Å²) >= 11 is 7.55. The molecule has 0 amide bonds. The molecule has 14 heavy (non-hydrogen) atoms. The minimum atomic E-state index is 0.134. The standard InChI is InChI=1S/C12H14Br2/c1-8(2)10-11(12(10,13)14)9-6-4-3-5-7-9/h3-8,10-11H,1-2H3/t10-,11-/m1/s1. The highest BCUT2D eigenvalue weighted by molar-refractivity contribution is 9.25. The van der Waals surface area contributed by atoms with Crippen LogP contribution in [0, 0.1) is 11.8 Å². The van der Waals surface area contributed by atoms with E-state index in [1.54, 1.807) is 0 Å². The normalized spacial score (nSPS) is 29.2. The Balaban J connectivity index is 2.23. The summed E-state index contributed by atoms with van der Waals surface area (Å²) in [6, 6.07) is 10.7. The molecule has 1 saturated carbocycles. The number of halogens is 2. The third kappa shape index (κ3) is 1.67. The molecule has 1 aromatic rings. The predicted molar refractivity (Wildman–Crippen MR) is 68.1 cm³/mol. The smallest absolute Gasteiger partial charge is 0.0717 e. The van der Waals surface area contributed by atoms with Crippen LogP contribution in [0.25, 0.3) is 0 Å². The molecular weight excluding hydrogens is 304 g/mol. The Bertz CT molecular complexity index is 316. The van der Waals surface area contributed by atoms with Crippen LogP contribution in [0.2, 0.25) is 0 Å². The first-order valence-electron chi connectivity index (χ1n) is 4.98. The number of alkyl halides is 2. The average molecular weight is 318 g/mol. The van der Waals surface area contributed by atoms with Crippen LogP contribution in [0.4, 0.5) is 0 Å². The first-order valence-corrected chi connectivity index (χ1v) is 6.56. The van der Waals surface area contributed by atoms with Crippen LogP contribution in [-0.2, 0) is 0 Å². The van der Waals surface area contributed by atoms with E-state index in [1.165, 1.54) is 5.56 Å². The molecule has 0 saturated heterocycles. The zero-order chi connectivity index (χ0) is 10.3. The van der Waals surface area contributed by atoms with Gasteiger partial charge in [-0.25, -0.2) is 0 Å². The molecule has 0 nitrogen and oxygen atoms in total. The van der Waals surface area contributed by atoms with E-state index < -0.39 is 0 Å². The summed E-state index contributed by atoms with van der Waals surface area (Å²) in [5.74, 6) is 2.02.